The molecule has 1 fully saturated rings. The minimum atomic E-state index is -0.351. The van der Waals surface area contributed by atoms with Crippen LogP contribution in [0.25, 0.3) is 6.08 Å². The summed E-state index contributed by atoms with van der Waals surface area (Å²) in [4.78, 5) is 14.6. The lowest BCUT2D eigenvalue weighted by Crippen LogP contribution is -2.44. The molecular weight excluding hydrogens is 358 g/mol. The van der Waals surface area contributed by atoms with E-state index in [2.05, 4.69) is 15.9 Å². The van der Waals surface area contributed by atoms with E-state index in [1.54, 1.807) is 29.2 Å². The predicted molar refractivity (Wildman–Crippen MR) is 90.6 cm³/mol. The number of aromatic hydroxyl groups is 1. The van der Waals surface area contributed by atoms with Gasteiger partial charge in [0.15, 0.2) is 0 Å². The lowest BCUT2D eigenvalue weighted by Gasteiger charge is -2.30. The molecule has 0 atom stereocenters. The van der Waals surface area contributed by atoms with E-state index in [-0.39, 0.29) is 17.2 Å². The fourth-order valence-corrected chi connectivity index (χ4v) is 3.83. The zero-order chi connectivity index (χ0) is 15.1. The Morgan fingerprint density at radius 1 is 1.40 bits per heavy atom. The molecule has 0 aromatic heterocycles. The molecule has 1 amide bonds. The average Bonchev–Trinajstić information content (AvgIpc) is 2.58. The molecule has 0 aliphatic carbocycles. The van der Waals surface area contributed by atoms with Crippen LogP contribution in [0.3, 0.4) is 0 Å². The normalized spacial score (nSPS) is 18.2. The molecule has 0 spiro atoms. The second kappa shape index (κ2) is 5.50. The molecule has 1 aromatic carbocycles. The Labute approximate surface area is 136 Å². The van der Waals surface area contributed by atoms with Crippen molar-refractivity contribution in [3.63, 3.8) is 0 Å². The van der Waals surface area contributed by atoms with Crippen LogP contribution in [-0.4, -0.2) is 25.8 Å². The maximum absolute atomic E-state index is 12.4. The Hall–Kier alpha value is -0.850. The highest BCUT2D eigenvalue weighted by Gasteiger charge is 2.39. The van der Waals surface area contributed by atoms with Gasteiger partial charge in [-0.15, -0.1) is 0 Å². The summed E-state index contributed by atoms with van der Waals surface area (Å²) in [6, 6.07) is 5.09. The second-order valence-electron chi connectivity index (χ2n) is 5.39. The van der Waals surface area contributed by atoms with Gasteiger partial charge < -0.3 is 5.11 Å². The number of carbonyl (C=O) groups excluding carboxylic acids is 1. The van der Waals surface area contributed by atoms with Gasteiger partial charge in [-0.1, -0.05) is 39.9 Å². The zero-order valence-electron chi connectivity index (χ0n) is 11.3. The zero-order valence-corrected chi connectivity index (χ0v) is 14.5. The van der Waals surface area contributed by atoms with Crippen LogP contribution >= 0.6 is 39.9 Å². The molecule has 2 rings (SSSR count). The third-order valence-corrected chi connectivity index (χ3v) is 4.54. The Kier molecular flexibility index (Phi) is 4.27. The monoisotopic (exact) mass is 371 g/mol. The summed E-state index contributed by atoms with van der Waals surface area (Å²) in [6.07, 6.45) is 1.67. The van der Waals surface area contributed by atoms with Gasteiger partial charge in [0.25, 0.3) is 5.91 Å². The first-order valence-electron chi connectivity index (χ1n) is 5.97. The van der Waals surface area contributed by atoms with Crippen LogP contribution in [0.2, 0.25) is 0 Å². The quantitative estimate of drug-likeness (QED) is 0.594. The molecule has 20 heavy (non-hydrogen) atoms. The Morgan fingerprint density at radius 3 is 2.60 bits per heavy atom. The van der Waals surface area contributed by atoms with E-state index in [1.807, 2.05) is 20.8 Å². The van der Waals surface area contributed by atoms with Crippen molar-refractivity contribution in [3.05, 3.63) is 33.1 Å². The van der Waals surface area contributed by atoms with Gasteiger partial charge in [0, 0.05) is 15.6 Å². The number of halogens is 1. The van der Waals surface area contributed by atoms with Crippen LogP contribution in [0, 0.1) is 0 Å². The van der Waals surface area contributed by atoms with Crippen LogP contribution in [0.1, 0.15) is 26.3 Å². The number of nitrogens with zero attached hydrogens (tertiary/aromatic N) is 1. The molecule has 0 bridgehead atoms. The molecule has 6 heteroatoms. The number of phenolic OH excluding ortho intramolecular Hbond substituents is 1. The highest BCUT2D eigenvalue weighted by atomic mass is 79.9. The molecule has 1 heterocycles. The van der Waals surface area contributed by atoms with Gasteiger partial charge in [-0.05, 0) is 45.0 Å². The largest absolute Gasteiger partial charge is 0.507 e. The van der Waals surface area contributed by atoms with Gasteiger partial charge in [-0.3, -0.25) is 9.69 Å². The number of amides is 1. The van der Waals surface area contributed by atoms with Gasteiger partial charge in [0.05, 0.1) is 4.91 Å². The molecule has 1 saturated heterocycles. The topological polar surface area (TPSA) is 40.5 Å². The summed E-state index contributed by atoms with van der Waals surface area (Å²) in [5.41, 5.74) is 0.240. The summed E-state index contributed by atoms with van der Waals surface area (Å²) in [6.45, 7) is 5.83. The van der Waals surface area contributed by atoms with Gasteiger partial charge >= 0.3 is 0 Å². The first-order chi connectivity index (χ1) is 9.20. The number of benzene rings is 1. The maximum Gasteiger partial charge on any atom is 0.266 e. The Balaban J connectivity index is 2.40. The third kappa shape index (κ3) is 3.07. The van der Waals surface area contributed by atoms with E-state index in [1.165, 1.54) is 11.8 Å². The van der Waals surface area contributed by atoms with Crippen LogP contribution < -0.4 is 0 Å². The number of thiocarbonyl (C=S) groups is 1. The minimum Gasteiger partial charge on any atom is -0.507 e. The minimum absolute atomic E-state index is 0.119. The van der Waals surface area contributed by atoms with Crippen molar-refractivity contribution < 1.29 is 9.90 Å². The molecule has 1 aliphatic heterocycles. The van der Waals surface area contributed by atoms with Crippen LogP contribution in [0.15, 0.2) is 27.6 Å². The van der Waals surface area contributed by atoms with Crippen molar-refractivity contribution >= 4 is 56.2 Å². The number of hydrogen-bond acceptors (Lipinski definition) is 4. The van der Waals surface area contributed by atoms with Gasteiger partial charge in [0.1, 0.15) is 10.1 Å². The number of thioether (sulfide) groups is 1. The fourth-order valence-electron chi connectivity index (χ4n) is 1.83. The van der Waals surface area contributed by atoms with Crippen molar-refractivity contribution in [1.82, 2.24) is 4.90 Å². The van der Waals surface area contributed by atoms with E-state index < -0.39 is 0 Å². The number of phenols is 1. The van der Waals surface area contributed by atoms with Crippen LogP contribution in [0.4, 0.5) is 0 Å². The fraction of sp³-hybridized carbons (Fsp3) is 0.286. The van der Waals surface area contributed by atoms with Crippen LogP contribution in [-0.2, 0) is 4.79 Å². The van der Waals surface area contributed by atoms with Crippen molar-refractivity contribution in [2.24, 2.45) is 0 Å². The standard InChI is InChI=1S/C14H14BrNO2S2/c1-14(2,3)16-12(18)11(20-13(16)19)7-8-6-9(15)4-5-10(8)17/h4-7,17H,1-3H3/b11-7+. The van der Waals surface area contributed by atoms with E-state index in [0.29, 0.717) is 14.8 Å². The summed E-state index contributed by atoms with van der Waals surface area (Å²) in [5, 5.41) is 9.84. The van der Waals surface area contributed by atoms with E-state index in [4.69, 9.17) is 12.2 Å². The average molecular weight is 372 g/mol. The summed E-state index contributed by atoms with van der Waals surface area (Å²) < 4.78 is 1.39. The molecule has 0 unspecified atom stereocenters. The Morgan fingerprint density at radius 2 is 2.05 bits per heavy atom. The van der Waals surface area contributed by atoms with Gasteiger partial charge in [-0.25, -0.2) is 0 Å². The Bertz CT molecular complexity index is 620. The highest BCUT2D eigenvalue weighted by Crippen LogP contribution is 2.38. The molecule has 0 radical (unpaired) electrons. The predicted octanol–water partition coefficient (Wildman–Crippen LogP) is 4.15. The lowest BCUT2D eigenvalue weighted by molar-refractivity contribution is -0.125. The van der Waals surface area contributed by atoms with E-state index in [0.717, 1.165) is 4.47 Å². The second-order valence-corrected chi connectivity index (χ2v) is 7.98. The van der Waals surface area contributed by atoms with Crippen LogP contribution in [0.5, 0.6) is 5.75 Å². The molecule has 1 N–H and O–H groups in total. The molecule has 1 aliphatic rings. The number of rotatable bonds is 1. The smallest absolute Gasteiger partial charge is 0.266 e. The number of carbonyl (C=O) groups is 1. The van der Waals surface area contributed by atoms with Crippen molar-refractivity contribution in [1.29, 1.82) is 0 Å². The molecular formula is C14H14BrNO2S2. The SMILES string of the molecule is CC(C)(C)N1C(=O)/C(=C\c2cc(Br)ccc2O)SC1=S. The lowest BCUT2D eigenvalue weighted by atomic mass is 10.1. The first kappa shape index (κ1) is 15.5. The maximum atomic E-state index is 12.4. The van der Waals surface area contributed by atoms with Crippen molar-refractivity contribution in [2.75, 3.05) is 0 Å². The highest BCUT2D eigenvalue weighted by molar-refractivity contribution is 9.10. The molecule has 0 saturated carbocycles. The summed E-state index contributed by atoms with van der Waals surface area (Å²) >= 11 is 9.88. The summed E-state index contributed by atoms with van der Waals surface area (Å²) in [5.74, 6) is 0.0149. The van der Waals surface area contributed by atoms with E-state index in [9.17, 15) is 9.90 Å². The van der Waals surface area contributed by atoms with Gasteiger partial charge in [0.2, 0.25) is 0 Å². The van der Waals surface area contributed by atoms with Crippen molar-refractivity contribution in [2.45, 2.75) is 26.3 Å². The van der Waals surface area contributed by atoms with E-state index >= 15 is 0 Å². The molecule has 106 valence electrons. The first-order valence-corrected chi connectivity index (χ1v) is 7.98. The number of hydrogen-bond donors (Lipinski definition) is 1. The third-order valence-electron chi connectivity index (χ3n) is 2.74. The van der Waals surface area contributed by atoms with Gasteiger partial charge in [-0.2, -0.15) is 0 Å². The molecule has 1 aromatic rings. The van der Waals surface area contributed by atoms with Crippen molar-refractivity contribution in [3.8, 4) is 5.75 Å². The molecule has 3 nitrogen and oxygen atoms in total. The summed E-state index contributed by atoms with van der Waals surface area (Å²) in [7, 11) is 0.